The minimum Gasteiger partial charge on any atom is -0.497 e. The first kappa shape index (κ1) is 19.2. The summed E-state index contributed by atoms with van der Waals surface area (Å²) in [5, 5.41) is 6.99. The molecule has 0 radical (unpaired) electrons. The van der Waals surface area contributed by atoms with E-state index in [0.717, 1.165) is 31.7 Å². The predicted octanol–water partition coefficient (Wildman–Crippen LogP) is 4.63. The third-order valence-electron chi connectivity index (χ3n) is 4.11. The molecule has 0 saturated heterocycles. The lowest BCUT2D eigenvalue weighted by atomic mass is 10.3. The summed E-state index contributed by atoms with van der Waals surface area (Å²) in [6.45, 7) is 0.614. The fraction of sp³-hybridized carbons (Fsp3) is 0.150. The van der Waals surface area contributed by atoms with Gasteiger partial charge in [0.2, 0.25) is 5.88 Å². The number of methoxy groups -OCH3 is 2. The molecule has 0 bridgehead atoms. The summed E-state index contributed by atoms with van der Waals surface area (Å²) in [4.78, 5) is 22.7. The third-order valence-corrected chi connectivity index (χ3v) is 6.23. The SMILES string of the molecule is COc1ccc(NC(=O)c2cc3sc(NCc4ccc(OC)nc4)nc3s2)cc1. The van der Waals surface area contributed by atoms with Crippen LogP contribution < -0.4 is 20.1 Å². The smallest absolute Gasteiger partial charge is 0.265 e. The van der Waals surface area contributed by atoms with Gasteiger partial charge in [-0.15, -0.1) is 11.3 Å². The zero-order valence-electron chi connectivity index (χ0n) is 15.8. The Morgan fingerprint density at radius 3 is 2.55 bits per heavy atom. The summed E-state index contributed by atoms with van der Waals surface area (Å²) in [7, 11) is 3.20. The minimum atomic E-state index is -0.149. The van der Waals surface area contributed by atoms with Crippen molar-refractivity contribution < 1.29 is 14.3 Å². The molecule has 4 rings (SSSR count). The van der Waals surface area contributed by atoms with E-state index in [2.05, 4.69) is 20.6 Å². The number of hydrogen-bond donors (Lipinski definition) is 2. The second-order valence-corrected chi connectivity index (χ2v) is 8.11. The van der Waals surface area contributed by atoms with E-state index in [1.807, 2.05) is 18.2 Å². The first-order chi connectivity index (χ1) is 14.1. The first-order valence-electron chi connectivity index (χ1n) is 8.73. The molecular weight excluding hydrogens is 408 g/mol. The minimum absolute atomic E-state index is 0.149. The standard InChI is InChI=1S/C20H18N4O3S2/c1-26-14-6-4-13(5-7-14)23-18(25)15-9-16-19(28-15)24-20(29-16)22-11-12-3-8-17(27-2)21-10-12/h3-10H,11H2,1-2H3,(H,22,24)(H,23,25). The first-order valence-corrected chi connectivity index (χ1v) is 10.4. The molecular formula is C20H18N4O3S2. The molecule has 0 aliphatic carbocycles. The van der Waals surface area contributed by atoms with Crippen LogP contribution >= 0.6 is 22.7 Å². The van der Waals surface area contributed by atoms with Crippen molar-refractivity contribution in [1.29, 1.82) is 0 Å². The number of thiazole rings is 1. The topological polar surface area (TPSA) is 85.4 Å². The highest BCUT2D eigenvalue weighted by Gasteiger charge is 2.14. The molecule has 0 saturated carbocycles. The number of nitrogens with zero attached hydrogens (tertiary/aromatic N) is 2. The Balaban J connectivity index is 1.39. The van der Waals surface area contributed by atoms with Crippen LogP contribution in [0.15, 0.2) is 48.7 Å². The molecule has 9 heteroatoms. The molecule has 2 N–H and O–H groups in total. The van der Waals surface area contributed by atoms with E-state index in [-0.39, 0.29) is 5.91 Å². The van der Waals surface area contributed by atoms with Crippen LogP contribution in [0.4, 0.5) is 10.8 Å². The van der Waals surface area contributed by atoms with Gasteiger partial charge in [0.15, 0.2) is 5.13 Å². The number of aromatic nitrogens is 2. The number of anilines is 2. The molecule has 0 aliphatic heterocycles. The van der Waals surface area contributed by atoms with Crippen LogP contribution in [-0.4, -0.2) is 30.1 Å². The fourth-order valence-corrected chi connectivity index (χ4v) is 4.61. The largest absolute Gasteiger partial charge is 0.497 e. The molecule has 4 aromatic rings. The molecule has 0 spiro atoms. The van der Waals surface area contributed by atoms with Crippen LogP contribution in [0.1, 0.15) is 15.2 Å². The van der Waals surface area contributed by atoms with Crippen molar-refractivity contribution in [2.45, 2.75) is 6.54 Å². The number of rotatable bonds is 7. The maximum Gasteiger partial charge on any atom is 0.265 e. The van der Waals surface area contributed by atoms with Gasteiger partial charge >= 0.3 is 0 Å². The molecule has 148 valence electrons. The van der Waals surface area contributed by atoms with Gasteiger partial charge < -0.3 is 20.1 Å². The maximum absolute atomic E-state index is 12.5. The van der Waals surface area contributed by atoms with Crippen LogP contribution in [0.25, 0.3) is 9.53 Å². The van der Waals surface area contributed by atoms with Crippen molar-refractivity contribution >= 4 is 48.9 Å². The number of fused-ring (bicyclic) bond motifs is 1. The number of carbonyl (C=O) groups is 1. The molecule has 7 nitrogen and oxygen atoms in total. The zero-order chi connectivity index (χ0) is 20.2. The second-order valence-electron chi connectivity index (χ2n) is 6.04. The van der Waals surface area contributed by atoms with E-state index in [1.165, 1.54) is 22.7 Å². The Morgan fingerprint density at radius 1 is 1.07 bits per heavy atom. The number of nitrogens with one attached hydrogen (secondary N) is 2. The molecule has 3 heterocycles. The Labute approximate surface area is 175 Å². The molecule has 0 atom stereocenters. The molecule has 1 amide bonds. The van der Waals surface area contributed by atoms with E-state index in [0.29, 0.717) is 17.3 Å². The number of ether oxygens (including phenoxy) is 2. The quantitative estimate of drug-likeness (QED) is 0.448. The number of amides is 1. The summed E-state index contributed by atoms with van der Waals surface area (Å²) in [5.74, 6) is 1.18. The van der Waals surface area contributed by atoms with E-state index in [1.54, 1.807) is 44.7 Å². The molecule has 0 fully saturated rings. The number of hydrogen-bond acceptors (Lipinski definition) is 8. The summed E-state index contributed by atoms with van der Waals surface area (Å²) in [6.07, 6.45) is 1.77. The number of carbonyl (C=O) groups excluding carboxylic acids is 1. The predicted molar refractivity (Wildman–Crippen MR) is 117 cm³/mol. The summed E-state index contributed by atoms with van der Waals surface area (Å²) in [5.41, 5.74) is 1.75. The van der Waals surface area contributed by atoms with Crippen molar-refractivity contribution in [3.63, 3.8) is 0 Å². The Bertz CT molecular complexity index is 1090. The Hall–Kier alpha value is -3.17. The van der Waals surface area contributed by atoms with Crippen molar-refractivity contribution in [2.75, 3.05) is 24.9 Å². The summed E-state index contributed by atoms with van der Waals surface area (Å²) >= 11 is 2.89. The van der Waals surface area contributed by atoms with Crippen molar-refractivity contribution in [3.8, 4) is 11.6 Å². The van der Waals surface area contributed by atoms with Gasteiger partial charge in [-0.05, 0) is 35.9 Å². The highest BCUT2D eigenvalue weighted by Crippen LogP contribution is 2.33. The Kier molecular flexibility index (Phi) is 5.59. The molecule has 3 aromatic heterocycles. The highest BCUT2D eigenvalue weighted by molar-refractivity contribution is 7.29. The number of thiophene rings is 1. The lowest BCUT2D eigenvalue weighted by molar-refractivity contribution is 0.103. The lowest BCUT2D eigenvalue weighted by Gasteiger charge is -2.05. The second kappa shape index (κ2) is 8.46. The number of pyridine rings is 1. The summed E-state index contributed by atoms with van der Waals surface area (Å²) < 4.78 is 11.2. The fourth-order valence-electron chi connectivity index (χ4n) is 2.60. The average molecular weight is 427 g/mol. The van der Waals surface area contributed by atoms with Gasteiger partial charge in [0.1, 0.15) is 10.6 Å². The number of benzene rings is 1. The molecule has 0 aliphatic rings. The maximum atomic E-state index is 12.5. The molecule has 0 unspecified atom stereocenters. The van der Waals surface area contributed by atoms with Crippen molar-refractivity contribution in [2.24, 2.45) is 0 Å². The van der Waals surface area contributed by atoms with Gasteiger partial charge in [-0.2, -0.15) is 0 Å². The monoisotopic (exact) mass is 426 g/mol. The van der Waals surface area contributed by atoms with Crippen LogP contribution in [-0.2, 0) is 6.54 Å². The van der Waals surface area contributed by atoms with Crippen LogP contribution in [0, 0.1) is 0 Å². The Morgan fingerprint density at radius 2 is 1.90 bits per heavy atom. The molecule has 1 aromatic carbocycles. The van der Waals surface area contributed by atoms with Crippen LogP contribution in [0.3, 0.4) is 0 Å². The van der Waals surface area contributed by atoms with Gasteiger partial charge in [0.25, 0.3) is 5.91 Å². The van der Waals surface area contributed by atoms with E-state index < -0.39 is 0 Å². The van der Waals surface area contributed by atoms with Gasteiger partial charge in [-0.3, -0.25) is 4.79 Å². The lowest BCUT2D eigenvalue weighted by Crippen LogP contribution is -2.09. The van der Waals surface area contributed by atoms with Gasteiger partial charge in [-0.1, -0.05) is 17.4 Å². The van der Waals surface area contributed by atoms with Crippen LogP contribution in [0.5, 0.6) is 11.6 Å². The van der Waals surface area contributed by atoms with Gasteiger partial charge in [0.05, 0.1) is 23.8 Å². The zero-order valence-corrected chi connectivity index (χ0v) is 17.4. The third kappa shape index (κ3) is 4.47. The molecule has 29 heavy (non-hydrogen) atoms. The van der Waals surface area contributed by atoms with E-state index >= 15 is 0 Å². The highest BCUT2D eigenvalue weighted by atomic mass is 32.1. The van der Waals surface area contributed by atoms with Gasteiger partial charge in [0, 0.05) is 24.5 Å². The van der Waals surface area contributed by atoms with Crippen molar-refractivity contribution in [1.82, 2.24) is 9.97 Å². The van der Waals surface area contributed by atoms with E-state index in [4.69, 9.17) is 9.47 Å². The summed E-state index contributed by atoms with van der Waals surface area (Å²) in [6, 6.07) is 12.9. The van der Waals surface area contributed by atoms with E-state index in [9.17, 15) is 4.79 Å². The van der Waals surface area contributed by atoms with Crippen LogP contribution in [0.2, 0.25) is 0 Å². The van der Waals surface area contributed by atoms with Crippen molar-refractivity contribution in [3.05, 3.63) is 59.1 Å². The average Bonchev–Trinajstić information content (AvgIpc) is 3.32. The normalized spacial score (nSPS) is 10.7. The van der Waals surface area contributed by atoms with Gasteiger partial charge in [-0.25, -0.2) is 9.97 Å².